The van der Waals surface area contributed by atoms with Crippen LogP contribution in [0.1, 0.15) is 34.7 Å². The predicted molar refractivity (Wildman–Crippen MR) is 114 cm³/mol. The molecule has 1 amide bonds. The molecule has 0 saturated carbocycles. The van der Waals surface area contributed by atoms with E-state index in [1.807, 2.05) is 24.3 Å². The van der Waals surface area contributed by atoms with Crippen LogP contribution in [-0.4, -0.2) is 43.7 Å². The van der Waals surface area contributed by atoms with Crippen LogP contribution >= 0.6 is 11.6 Å². The molecule has 0 aliphatic carbocycles. The second kappa shape index (κ2) is 10.1. The van der Waals surface area contributed by atoms with Gasteiger partial charge in [0.25, 0.3) is 0 Å². The highest BCUT2D eigenvalue weighted by Gasteiger charge is 2.23. The number of rotatable bonds is 7. The lowest BCUT2D eigenvalue weighted by molar-refractivity contribution is -0.121. The van der Waals surface area contributed by atoms with Crippen molar-refractivity contribution in [3.8, 4) is 0 Å². The van der Waals surface area contributed by atoms with Crippen molar-refractivity contribution in [3.63, 3.8) is 0 Å². The van der Waals surface area contributed by atoms with Gasteiger partial charge in [0.1, 0.15) is 0 Å². The van der Waals surface area contributed by atoms with Crippen LogP contribution in [0, 0.1) is 13.8 Å². The quantitative estimate of drug-likeness (QED) is 0.761. The summed E-state index contributed by atoms with van der Waals surface area (Å²) in [6, 6.07) is 14.4. The third-order valence-corrected chi connectivity index (χ3v) is 5.61. The molecule has 1 N–H and O–H groups in total. The van der Waals surface area contributed by atoms with E-state index in [1.54, 1.807) is 0 Å². The molecule has 150 valence electrons. The van der Waals surface area contributed by atoms with Crippen molar-refractivity contribution in [2.24, 2.45) is 0 Å². The summed E-state index contributed by atoms with van der Waals surface area (Å²) in [4.78, 5) is 14.9. The van der Waals surface area contributed by atoms with E-state index in [4.69, 9.17) is 16.3 Å². The zero-order chi connectivity index (χ0) is 19.9. The number of morpholine rings is 1. The lowest BCUT2D eigenvalue weighted by atomic mass is 10.0. The van der Waals surface area contributed by atoms with Crippen molar-refractivity contribution in [1.29, 1.82) is 0 Å². The van der Waals surface area contributed by atoms with Crippen LogP contribution in [0.15, 0.2) is 42.5 Å². The van der Waals surface area contributed by atoms with Gasteiger partial charge in [-0.25, -0.2) is 0 Å². The van der Waals surface area contributed by atoms with E-state index < -0.39 is 0 Å². The first-order valence-electron chi connectivity index (χ1n) is 9.93. The number of hydrogen-bond acceptors (Lipinski definition) is 3. The molecule has 4 nitrogen and oxygen atoms in total. The summed E-state index contributed by atoms with van der Waals surface area (Å²) in [7, 11) is 0. The maximum absolute atomic E-state index is 12.5. The Morgan fingerprint density at radius 1 is 1.14 bits per heavy atom. The zero-order valence-electron chi connectivity index (χ0n) is 16.7. The summed E-state index contributed by atoms with van der Waals surface area (Å²) in [5.41, 5.74) is 4.91. The maximum atomic E-state index is 12.5. The van der Waals surface area contributed by atoms with Crippen molar-refractivity contribution < 1.29 is 9.53 Å². The van der Waals surface area contributed by atoms with Crippen molar-refractivity contribution in [3.05, 3.63) is 69.7 Å². The van der Waals surface area contributed by atoms with Gasteiger partial charge in [-0.05, 0) is 49.1 Å². The molecule has 1 unspecified atom stereocenters. The molecule has 5 heteroatoms. The van der Waals surface area contributed by atoms with Crippen LogP contribution < -0.4 is 5.32 Å². The highest BCUT2D eigenvalue weighted by molar-refractivity contribution is 6.30. The smallest absolute Gasteiger partial charge is 0.220 e. The van der Waals surface area contributed by atoms with Gasteiger partial charge in [0.05, 0.1) is 19.3 Å². The lowest BCUT2D eigenvalue weighted by Crippen LogP contribution is -2.43. The Kier molecular flexibility index (Phi) is 7.49. The van der Waals surface area contributed by atoms with E-state index in [9.17, 15) is 4.79 Å². The third-order valence-electron chi connectivity index (χ3n) is 5.35. The van der Waals surface area contributed by atoms with Crippen LogP contribution in [0.5, 0.6) is 0 Å². The van der Waals surface area contributed by atoms with E-state index >= 15 is 0 Å². The first kappa shape index (κ1) is 20.8. The molecule has 0 aromatic heterocycles. The first-order chi connectivity index (χ1) is 13.5. The minimum atomic E-state index is 0.0900. The highest BCUT2D eigenvalue weighted by Crippen LogP contribution is 2.23. The Morgan fingerprint density at radius 3 is 2.54 bits per heavy atom. The van der Waals surface area contributed by atoms with Gasteiger partial charge < -0.3 is 10.1 Å². The molecule has 0 spiro atoms. The lowest BCUT2D eigenvalue weighted by Gasteiger charge is -2.35. The third kappa shape index (κ3) is 5.81. The number of benzene rings is 2. The summed E-state index contributed by atoms with van der Waals surface area (Å²) < 4.78 is 5.49. The molecule has 1 fully saturated rings. The number of hydrogen-bond donors (Lipinski definition) is 1. The monoisotopic (exact) mass is 400 g/mol. The van der Waals surface area contributed by atoms with Gasteiger partial charge in [-0.15, -0.1) is 0 Å². The second-order valence-electron chi connectivity index (χ2n) is 7.45. The number of nitrogens with one attached hydrogen (secondary N) is 1. The molecule has 1 aliphatic rings. The van der Waals surface area contributed by atoms with E-state index in [1.165, 1.54) is 22.3 Å². The van der Waals surface area contributed by atoms with Crippen LogP contribution in [0.2, 0.25) is 5.02 Å². The number of aryl methyl sites for hydroxylation is 3. The number of carbonyl (C=O) groups is 1. The fourth-order valence-corrected chi connectivity index (χ4v) is 3.83. The fourth-order valence-electron chi connectivity index (χ4n) is 3.71. The molecule has 3 rings (SSSR count). The van der Waals surface area contributed by atoms with E-state index in [2.05, 4.69) is 42.3 Å². The number of nitrogens with zero attached hydrogens (tertiary/aromatic N) is 1. The van der Waals surface area contributed by atoms with Gasteiger partial charge in [-0.1, -0.05) is 47.5 Å². The van der Waals surface area contributed by atoms with Gasteiger partial charge in [0, 0.05) is 31.1 Å². The maximum Gasteiger partial charge on any atom is 0.220 e. The molecule has 1 heterocycles. The van der Waals surface area contributed by atoms with Crippen LogP contribution in [0.3, 0.4) is 0 Å². The van der Waals surface area contributed by atoms with Crippen LogP contribution in [0.4, 0.5) is 0 Å². The highest BCUT2D eigenvalue weighted by atomic mass is 35.5. The summed E-state index contributed by atoms with van der Waals surface area (Å²) >= 11 is 6.05. The fraction of sp³-hybridized carbons (Fsp3) is 0.435. The van der Waals surface area contributed by atoms with E-state index in [-0.39, 0.29) is 11.9 Å². The number of carbonyl (C=O) groups excluding carboxylic acids is 1. The van der Waals surface area contributed by atoms with Gasteiger partial charge in [-0.2, -0.15) is 0 Å². The number of ether oxygens (including phenoxy) is 1. The summed E-state index contributed by atoms with van der Waals surface area (Å²) in [6.07, 6.45) is 1.27. The molecule has 28 heavy (non-hydrogen) atoms. The van der Waals surface area contributed by atoms with Gasteiger partial charge in [0.15, 0.2) is 0 Å². The first-order valence-corrected chi connectivity index (χ1v) is 10.3. The molecule has 2 aromatic carbocycles. The van der Waals surface area contributed by atoms with Gasteiger partial charge in [-0.3, -0.25) is 9.69 Å². The molecule has 1 atom stereocenters. The Morgan fingerprint density at radius 2 is 1.86 bits per heavy atom. The predicted octanol–water partition coefficient (Wildman–Crippen LogP) is 4.08. The second-order valence-corrected chi connectivity index (χ2v) is 7.89. The van der Waals surface area contributed by atoms with Crippen molar-refractivity contribution in [1.82, 2.24) is 10.2 Å². The molecular weight excluding hydrogens is 372 g/mol. The minimum absolute atomic E-state index is 0.0900. The Hall–Kier alpha value is -1.88. The number of amides is 1. The molecule has 0 radical (unpaired) electrons. The zero-order valence-corrected chi connectivity index (χ0v) is 17.5. The van der Waals surface area contributed by atoms with Crippen molar-refractivity contribution in [2.45, 2.75) is 32.7 Å². The van der Waals surface area contributed by atoms with Gasteiger partial charge >= 0.3 is 0 Å². The van der Waals surface area contributed by atoms with Crippen LogP contribution in [-0.2, 0) is 16.0 Å². The van der Waals surface area contributed by atoms with Crippen molar-refractivity contribution >= 4 is 17.5 Å². The molecular formula is C23H29ClN2O2. The molecule has 1 saturated heterocycles. The normalized spacial score (nSPS) is 16.0. The molecule has 0 bridgehead atoms. The number of halogens is 1. The average molecular weight is 401 g/mol. The minimum Gasteiger partial charge on any atom is -0.379 e. The Labute approximate surface area is 172 Å². The molecule has 2 aromatic rings. The van der Waals surface area contributed by atoms with Crippen molar-refractivity contribution in [2.75, 3.05) is 32.8 Å². The molecule has 1 aliphatic heterocycles. The standard InChI is InChI=1S/C23H29ClN2O2/c1-17-3-4-19(18(2)15-17)7-10-23(27)25-16-22(26-11-13-28-14-12-26)20-5-8-21(24)9-6-20/h3-6,8-9,15,22H,7,10-14,16H2,1-2H3,(H,25,27). The van der Waals surface area contributed by atoms with Crippen LogP contribution in [0.25, 0.3) is 0 Å². The average Bonchev–Trinajstić information content (AvgIpc) is 2.69. The summed E-state index contributed by atoms with van der Waals surface area (Å²) in [5, 5.41) is 3.86. The SMILES string of the molecule is Cc1ccc(CCC(=O)NCC(c2ccc(Cl)cc2)N2CCOCC2)c(C)c1. The van der Waals surface area contributed by atoms with Gasteiger partial charge in [0.2, 0.25) is 5.91 Å². The van der Waals surface area contributed by atoms with E-state index in [0.29, 0.717) is 13.0 Å². The van der Waals surface area contributed by atoms with E-state index in [0.717, 1.165) is 37.7 Å². The largest absolute Gasteiger partial charge is 0.379 e. The Balaban J connectivity index is 1.59. The summed E-state index contributed by atoms with van der Waals surface area (Å²) in [6.45, 7) is 7.97. The summed E-state index contributed by atoms with van der Waals surface area (Å²) in [5.74, 6) is 0.0900. The topological polar surface area (TPSA) is 41.6 Å². The Bertz CT molecular complexity index is 786.